The molecule has 1 aromatic carbocycles. The largest absolute Gasteiger partial charge is 0.456 e. The van der Waals surface area contributed by atoms with Gasteiger partial charge in [-0.1, -0.05) is 24.6 Å². The average molecular weight is 504 g/mol. The van der Waals surface area contributed by atoms with Crippen LogP contribution in [0, 0.1) is 6.92 Å². The molecule has 0 N–H and O–H groups in total. The number of rotatable bonds is 7. The van der Waals surface area contributed by atoms with Crippen molar-refractivity contribution in [2.45, 2.75) is 76.3 Å². The molecule has 2 rings (SSSR count). The van der Waals surface area contributed by atoms with E-state index in [1.807, 2.05) is 6.92 Å². The van der Waals surface area contributed by atoms with Crippen LogP contribution in [0.15, 0.2) is 32.9 Å². The number of benzene rings is 1. The molecule has 10 nitrogen and oxygen atoms in total. The van der Waals surface area contributed by atoms with E-state index in [1.54, 1.807) is 26.0 Å². The van der Waals surface area contributed by atoms with Gasteiger partial charge < -0.3 is 18.9 Å². The Balaban J connectivity index is 2.55. The van der Waals surface area contributed by atoms with E-state index in [1.165, 1.54) is 19.1 Å². The number of esters is 3. The fourth-order valence-electron chi connectivity index (χ4n) is 3.33. The summed E-state index contributed by atoms with van der Waals surface area (Å²) in [6.45, 7) is 8.65. The Morgan fingerprint density at radius 1 is 0.939 bits per heavy atom. The first kappa shape index (κ1) is 26.9. The molecule has 0 aliphatic carbocycles. The maximum absolute atomic E-state index is 13.0. The molecular formula is C21H29NO9S2. The molecule has 0 amide bonds. The highest BCUT2D eigenvalue weighted by atomic mass is 32.3. The average Bonchev–Trinajstić information content (AvgIpc) is 2.70. The number of sulfonamides is 1. The third-order valence-corrected chi connectivity index (χ3v) is 8.64. The summed E-state index contributed by atoms with van der Waals surface area (Å²) in [5.74, 6) is -1.80. The van der Waals surface area contributed by atoms with Gasteiger partial charge in [-0.3, -0.25) is 14.4 Å². The van der Waals surface area contributed by atoms with Gasteiger partial charge in [0.25, 0.3) is 10.0 Å². The summed E-state index contributed by atoms with van der Waals surface area (Å²) in [6, 6.07) is 6.23. The van der Waals surface area contributed by atoms with Crippen molar-refractivity contribution in [2.24, 2.45) is 3.77 Å². The highest BCUT2D eigenvalue weighted by Crippen LogP contribution is 2.31. The molecule has 1 aliphatic rings. The van der Waals surface area contributed by atoms with Gasteiger partial charge in [0, 0.05) is 26.5 Å². The van der Waals surface area contributed by atoms with Gasteiger partial charge >= 0.3 is 17.9 Å². The molecule has 184 valence electrons. The zero-order valence-electron chi connectivity index (χ0n) is 19.3. The predicted molar refractivity (Wildman–Crippen MR) is 120 cm³/mol. The van der Waals surface area contributed by atoms with Crippen molar-refractivity contribution in [1.82, 2.24) is 0 Å². The van der Waals surface area contributed by atoms with Crippen LogP contribution >= 0.6 is 0 Å². The van der Waals surface area contributed by atoms with Gasteiger partial charge in [-0.25, -0.2) is 0 Å². The van der Waals surface area contributed by atoms with E-state index < -0.39 is 68.5 Å². The van der Waals surface area contributed by atoms with Crippen LogP contribution in [0.2, 0.25) is 0 Å². The normalized spacial score (nSPS) is 26.3. The maximum Gasteiger partial charge on any atom is 0.303 e. The molecule has 0 bridgehead atoms. The molecule has 12 heteroatoms. The number of nitrogens with zero attached hydrogens (tertiary/aromatic N) is 1. The summed E-state index contributed by atoms with van der Waals surface area (Å²) >= 11 is 0. The first-order valence-corrected chi connectivity index (χ1v) is 13.1. The lowest BCUT2D eigenvalue weighted by Gasteiger charge is -2.44. The number of hydrogen-bond donors (Lipinski definition) is 0. The van der Waals surface area contributed by atoms with Gasteiger partial charge in [0.15, 0.2) is 23.7 Å². The van der Waals surface area contributed by atoms with Crippen LogP contribution in [-0.2, 0) is 54.0 Å². The molecule has 1 unspecified atom stereocenters. The molecule has 0 spiro atoms. The molecule has 1 saturated heterocycles. The molecule has 0 aromatic heterocycles. The molecule has 6 atom stereocenters. The van der Waals surface area contributed by atoms with Crippen molar-refractivity contribution in [1.29, 1.82) is 0 Å². The maximum atomic E-state index is 13.0. The van der Waals surface area contributed by atoms with E-state index in [0.29, 0.717) is 0 Å². The van der Waals surface area contributed by atoms with E-state index in [-0.39, 0.29) is 10.6 Å². The first-order chi connectivity index (χ1) is 15.4. The second kappa shape index (κ2) is 11.2. The van der Waals surface area contributed by atoms with Crippen LogP contribution < -0.4 is 0 Å². The zero-order chi connectivity index (χ0) is 24.9. The third kappa shape index (κ3) is 7.08. The summed E-state index contributed by atoms with van der Waals surface area (Å²) < 4.78 is 52.1. The minimum absolute atomic E-state index is 0.0151. The molecule has 1 aliphatic heterocycles. The summed E-state index contributed by atoms with van der Waals surface area (Å²) in [6.07, 6.45) is -4.31. The summed E-state index contributed by atoms with van der Waals surface area (Å²) in [5.41, 5.74) is -0.159. The highest BCUT2D eigenvalue weighted by molar-refractivity contribution is 8.00. The Kier molecular flexibility index (Phi) is 9.15. The smallest absolute Gasteiger partial charge is 0.303 e. The van der Waals surface area contributed by atoms with Gasteiger partial charge in [-0.05, 0) is 36.7 Å². The van der Waals surface area contributed by atoms with E-state index in [2.05, 4.69) is 3.77 Å². The Morgan fingerprint density at radius 3 is 1.91 bits per heavy atom. The van der Waals surface area contributed by atoms with Crippen LogP contribution in [-0.4, -0.2) is 61.9 Å². The molecule has 1 fully saturated rings. The van der Waals surface area contributed by atoms with Crippen molar-refractivity contribution in [3.63, 3.8) is 0 Å². The van der Waals surface area contributed by atoms with Crippen molar-refractivity contribution in [3.05, 3.63) is 29.8 Å². The van der Waals surface area contributed by atoms with E-state index in [0.717, 1.165) is 19.4 Å². The molecule has 33 heavy (non-hydrogen) atoms. The molecule has 0 radical (unpaired) electrons. The van der Waals surface area contributed by atoms with Crippen molar-refractivity contribution in [2.75, 3.05) is 5.75 Å². The summed E-state index contributed by atoms with van der Waals surface area (Å²) in [5, 5.41) is 0. The van der Waals surface area contributed by atoms with Crippen LogP contribution in [0.5, 0.6) is 0 Å². The number of hydrogen-bond acceptors (Lipinski definition) is 9. The Labute approximate surface area is 196 Å². The Bertz CT molecular complexity index is 1020. The standard InChI is InChI=1S/C21H29NO9S2/c1-7-32(22-33(26,27)17-10-8-12(2)9-11-17)21-20(31-16(6)25)19(30-15(5)24)18(13(3)28-21)29-14(4)23/h8-11,13,18-21H,7H2,1-6H3/t13-,18-,19+,20+,21+,32?/m0/s1. The van der Waals surface area contributed by atoms with E-state index >= 15 is 0 Å². The number of carbonyl (C=O) groups is 3. The molecule has 1 heterocycles. The second-order valence-electron chi connectivity index (χ2n) is 7.48. The Hall–Kier alpha value is -2.31. The quantitative estimate of drug-likeness (QED) is 0.404. The number of carbonyl (C=O) groups excluding carboxylic acids is 3. The fraction of sp³-hybridized carbons (Fsp3) is 0.571. The second-order valence-corrected chi connectivity index (χ2v) is 11.3. The monoisotopic (exact) mass is 503 g/mol. The first-order valence-electron chi connectivity index (χ1n) is 10.3. The predicted octanol–water partition coefficient (Wildman–Crippen LogP) is 2.05. The molecule has 0 saturated carbocycles. The minimum Gasteiger partial charge on any atom is -0.456 e. The van der Waals surface area contributed by atoms with Gasteiger partial charge in [-0.2, -0.15) is 8.42 Å². The van der Waals surface area contributed by atoms with Crippen molar-refractivity contribution < 1.29 is 41.7 Å². The Morgan fingerprint density at radius 2 is 1.42 bits per heavy atom. The minimum atomic E-state index is -4.06. The number of ether oxygens (including phenoxy) is 4. The third-order valence-electron chi connectivity index (χ3n) is 4.71. The highest BCUT2D eigenvalue weighted by Gasteiger charge is 2.51. The molecular weight excluding hydrogens is 474 g/mol. The molecule has 1 aromatic rings. The van der Waals surface area contributed by atoms with Crippen LogP contribution in [0.1, 0.15) is 40.2 Å². The lowest BCUT2D eigenvalue weighted by atomic mass is 10.00. The van der Waals surface area contributed by atoms with Crippen molar-refractivity contribution in [3.8, 4) is 0 Å². The van der Waals surface area contributed by atoms with Crippen LogP contribution in [0.4, 0.5) is 0 Å². The van der Waals surface area contributed by atoms with Crippen LogP contribution in [0.3, 0.4) is 0 Å². The van der Waals surface area contributed by atoms with Gasteiger partial charge in [0.2, 0.25) is 0 Å². The van der Waals surface area contributed by atoms with Crippen molar-refractivity contribution >= 4 is 38.6 Å². The van der Waals surface area contributed by atoms with Crippen LogP contribution in [0.25, 0.3) is 0 Å². The topological polar surface area (TPSA) is 135 Å². The fourth-order valence-corrected chi connectivity index (χ4v) is 7.07. The van der Waals surface area contributed by atoms with E-state index in [9.17, 15) is 22.8 Å². The summed E-state index contributed by atoms with van der Waals surface area (Å²) in [7, 11) is -5.37. The zero-order valence-corrected chi connectivity index (χ0v) is 21.0. The lowest BCUT2D eigenvalue weighted by Crippen LogP contribution is -2.61. The summed E-state index contributed by atoms with van der Waals surface area (Å²) in [4.78, 5) is 35.3. The van der Waals surface area contributed by atoms with Gasteiger partial charge in [-0.15, -0.1) is 3.77 Å². The lowest BCUT2D eigenvalue weighted by molar-refractivity contribution is -0.229. The SMILES string of the molecule is CCS(=NS(=O)(=O)c1ccc(C)cc1)[C@H]1O[C@@H](C)[C@H](OC(C)=O)[C@@H](OC(C)=O)[C@H]1OC(C)=O. The number of aryl methyl sites for hydroxylation is 1. The van der Waals surface area contributed by atoms with Gasteiger partial charge in [0.05, 0.1) is 11.0 Å². The van der Waals surface area contributed by atoms with Gasteiger partial charge in [0.1, 0.15) is 0 Å². The van der Waals surface area contributed by atoms with E-state index in [4.69, 9.17) is 18.9 Å².